The van der Waals surface area contributed by atoms with Gasteiger partial charge in [0.1, 0.15) is 0 Å². The van der Waals surface area contributed by atoms with Crippen LogP contribution in [0.4, 0.5) is 0 Å². The molecule has 0 radical (unpaired) electrons. The summed E-state index contributed by atoms with van der Waals surface area (Å²) in [6, 6.07) is 15.8. The average Bonchev–Trinajstić information content (AvgIpc) is 2.54. The maximum Gasteiger partial charge on any atom is 0.162 e. The van der Waals surface area contributed by atoms with Crippen LogP contribution in [0.3, 0.4) is 0 Å². The molecule has 0 unspecified atom stereocenters. The smallest absolute Gasteiger partial charge is 0.162 e. The molecule has 0 fully saturated rings. The molecule has 2 aromatic carbocycles. The fourth-order valence-corrected chi connectivity index (χ4v) is 2.29. The predicted octanol–water partition coefficient (Wildman–Crippen LogP) is 3.24. The first-order valence-electron chi connectivity index (χ1n) is 6.34. The normalized spacial score (nSPS) is 11.0. The van der Waals surface area contributed by atoms with E-state index in [4.69, 9.17) is 0 Å². The molecule has 20 heavy (non-hydrogen) atoms. The molecule has 0 aliphatic carbocycles. The summed E-state index contributed by atoms with van der Waals surface area (Å²) >= 11 is 0. The van der Waals surface area contributed by atoms with E-state index in [-0.39, 0.29) is 0 Å². The second-order valence-corrected chi connectivity index (χ2v) is 4.53. The van der Waals surface area contributed by atoms with E-state index in [0.29, 0.717) is 5.82 Å². The first-order valence-corrected chi connectivity index (χ1v) is 6.34. The highest BCUT2D eigenvalue weighted by Crippen LogP contribution is 2.24. The minimum absolute atomic E-state index is 0.676. The molecular formula is C16H10N4. The zero-order valence-corrected chi connectivity index (χ0v) is 10.6. The van der Waals surface area contributed by atoms with Crippen molar-refractivity contribution in [3.05, 3.63) is 60.9 Å². The molecular weight excluding hydrogens is 248 g/mol. The van der Waals surface area contributed by atoms with E-state index < -0.39 is 0 Å². The minimum atomic E-state index is 0.676. The molecule has 0 atom stereocenters. The number of rotatable bonds is 1. The van der Waals surface area contributed by atoms with E-state index in [9.17, 15) is 0 Å². The molecule has 0 aliphatic heterocycles. The lowest BCUT2D eigenvalue weighted by Gasteiger charge is -2.04. The summed E-state index contributed by atoms with van der Waals surface area (Å²) < 4.78 is 0. The Kier molecular flexibility index (Phi) is 2.39. The third-order valence-corrected chi connectivity index (χ3v) is 3.28. The van der Waals surface area contributed by atoms with Crippen molar-refractivity contribution in [3.63, 3.8) is 0 Å². The van der Waals surface area contributed by atoms with Crippen molar-refractivity contribution in [2.75, 3.05) is 0 Å². The quantitative estimate of drug-likeness (QED) is 0.526. The van der Waals surface area contributed by atoms with E-state index in [1.807, 2.05) is 54.7 Å². The summed E-state index contributed by atoms with van der Waals surface area (Å²) in [7, 11) is 0. The van der Waals surface area contributed by atoms with Crippen molar-refractivity contribution in [1.29, 1.82) is 0 Å². The van der Waals surface area contributed by atoms with Crippen LogP contribution in [-0.4, -0.2) is 20.2 Å². The predicted molar refractivity (Wildman–Crippen MR) is 78.1 cm³/mol. The van der Waals surface area contributed by atoms with Crippen LogP contribution in [0.1, 0.15) is 0 Å². The van der Waals surface area contributed by atoms with E-state index in [1.54, 1.807) is 6.20 Å². The average molecular weight is 258 g/mol. The lowest BCUT2D eigenvalue weighted by molar-refractivity contribution is 1.07. The summed E-state index contributed by atoms with van der Waals surface area (Å²) in [6.45, 7) is 0. The third-order valence-electron chi connectivity index (χ3n) is 3.28. The maximum absolute atomic E-state index is 4.62. The molecule has 0 amide bonds. The maximum atomic E-state index is 4.62. The van der Waals surface area contributed by atoms with Crippen molar-refractivity contribution < 1.29 is 0 Å². The van der Waals surface area contributed by atoms with Gasteiger partial charge in [0.2, 0.25) is 0 Å². The van der Waals surface area contributed by atoms with Gasteiger partial charge in [-0.2, -0.15) is 10.2 Å². The Morgan fingerprint density at radius 3 is 2.50 bits per heavy atom. The van der Waals surface area contributed by atoms with Crippen LogP contribution in [0.25, 0.3) is 33.2 Å². The molecule has 4 aromatic rings. The molecule has 4 rings (SSSR count). The van der Waals surface area contributed by atoms with Crippen molar-refractivity contribution in [1.82, 2.24) is 20.2 Å². The highest BCUT2D eigenvalue weighted by molar-refractivity contribution is 5.92. The Bertz CT molecular complexity index is 913. The van der Waals surface area contributed by atoms with Gasteiger partial charge in [-0.15, -0.1) is 0 Å². The van der Waals surface area contributed by atoms with Crippen molar-refractivity contribution in [2.45, 2.75) is 0 Å². The van der Waals surface area contributed by atoms with Gasteiger partial charge in [-0.25, -0.2) is 9.97 Å². The van der Waals surface area contributed by atoms with Gasteiger partial charge >= 0.3 is 0 Å². The van der Waals surface area contributed by atoms with Gasteiger partial charge in [-0.3, -0.25) is 0 Å². The first kappa shape index (κ1) is 11.0. The van der Waals surface area contributed by atoms with Crippen LogP contribution in [0, 0.1) is 0 Å². The van der Waals surface area contributed by atoms with Crippen LogP contribution in [0.5, 0.6) is 0 Å². The number of hydrogen-bond acceptors (Lipinski definition) is 4. The molecule has 2 heterocycles. The summed E-state index contributed by atoms with van der Waals surface area (Å²) in [5, 5.41) is 10.2. The SMILES string of the molecule is c1ccc2nc(-c3cnnc4ccccc34)ncc2c1. The lowest BCUT2D eigenvalue weighted by Crippen LogP contribution is -1.93. The second kappa shape index (κ2) is 4.35. The topological polar surface area (TPSA) is 51.6 Å². The first-order chi connectivity index (χ1) is 9.92. The number of nitrogens with zero attached hydrogens (tertiary/aromatic N) is 4. The summed E-state index contributed by atoms with van der Waals surface area (Å²) in [4.78, 5) is 9.07. The van der Waals surface area contributed by atoms with Crippen LogP contribution in [0.2, 0.25) is 0 Å². The summed E-state index contributed by atoms with van der Waals surface area (Å²) in [5.74, 6) is 0.676. The van der Waals surface area contributed by atoms with Crippen LogP contribution in [0.15, 0.2) is 60.9 Å². The van der Waals surface area contributed by atoms with Crippen LogP contribution in [-0.2, 0) is 0 Å². The molecule has 0 spiro atoms. The number of aromatic nitrogens is 4. The Balaban J connectivity index is 2.01. The standard InChI is InChI=1S/C16H10N4/c1-3-7-14-11(5-1)9-17-16(19-14)13-10-18-20-15-8-4-2-6-12(13)15/h1-10H. The van der Waals surface area contributed by atoms with Gasteiger partial charge in [0.05, 0.1) is 17.2 Å². The Labute approximate surface area is 115 Å². The van der Waals surface area contributed by atoms with Gasteiger partial charge in [0.15, 0.2) is 5.82 Å². The molecule has 4 heteroatoms. The Morgan fingerprint density at radius 1 is 0.750 bits per heavy atom. The molecule has 4 nitrogen and oxygen atoms in total. The number of hydrogen-bond donors (Lipinski definition) is 0. The van der Waals surface area contributed by atoms with Gasteiger partial charge in [-0.05, 0) is 12.1 Å². The van der Waals surface area contributed by atoms with E-state index >= 15 is 0 Å². The highest BCUT2D eigenvalue weighted by atomic mass is 15.1. The summed E-state index contributed by atoms with van der Waals surface area (Å²) in [6.07, 6.45) is 3.55. The number of fused-ring (bicyclic) bond motifs is 2. The third kappa shape index (κ3) is 1.70. The van der Waals surface area contributed by atoms with Crippen molar-refractivity contribution in [2.24, 2.45) is 0 Å². The second-order valence-electron chi connectivity index (χ2n) is 4.53. The van der Waals surface area contributed by atoms with E-state index in [1.165, 1.54) is 0 Å². The number of para-hydroxylation sites is 1. The number of benzene rings is 2. The zero-order valence-electron chi connectivity index (χ0n) is 10.6. The molecule has 0 saturated carbocycles. The van der Waals surface area contributed by atoms with Crippen molar-refractivity contribution >= 4 is 21.8 Å². The van der Waals surface area contributed by atoms with Gasteiger partial charge in [-0.1, -0.05) is 36.4 Å². The lowest BCUT2D eigenvalue weighted by atomic mass is 10.1. The molecule has 0 N–H and O–H groups in total. The zero-order chi connectivity index (χ0) is 13.4. The largest absolute Gasteiger partial charge is 0.236 e. The fraction of sp³-hybridized carbons (Fsp3) is 0. The van der Waals surface area contributed by atoms with Crippen LogP contribution < -0.4 is 0 Å². The van der Waals surface area contributed by atoms with Gasteiger partial charge in [0.25, 0.3) is 0 Å². The van der Waals surface area contributed by atoms with Crippen LogP contribution >= 0.6 is 0 Å². The Morgan fingerprint density at radius 2 is 1.55 bits per heavy atom. The van der Waals surface area contributed by atoms with E-state index in [0.717, 1.165) is 27.4 Å². The van der Waals surface area contributed by atoms with Gasteiger partial charge in [0, 0.05) is 22.5 Å². The Hall–Kier alpha value is -2.88. The molecule has 0 saturated heterocycles. The molecule has 94 valence electrons. The fourth-order valence-electron chi connectivity index (χ4n) is 2.29. The summed E-state index contributed by atoms with van der Waals surface area (Å²) in [5.41, 5.74) is 2.68. The minimum Gasteiger partial charge on any atom is -0.236 e. The van der Waals surface area contributed by atoms with Crippen molar-refractivity contribution in [3.8, 4) is 11.4 Å². The molecule has 2 aromatic heterocycles. The van der Waals surface area contributed by atoms with Gasteiger partial charge < -0.3 is 0 Å². The molecule has 0 aliphatic rings. The highest BCUT2D eigenvalue weighted by Gasteiger charge is 2.08. The molecule has 0 bridgehead atoms. The van der Waals surface area contributed by atoms with E-state index in [2.05, 4.69) is 20.2 Å². The monoisotopic (exact) mass is 258 g/mol.